The number of hydrogen-bond donors (Lipinski definition) is 1. The van der Waals surface area contributed by atoms with Gasteiger partial charge in [-0.1, -0.05) is 6.92 Å². The first-order chi connectivity index (χ1) is 8.36. The van der Waals surface area contributed by atoms with Crippen molar-refractivity contribution < 1.29 is 0 Å². The Balaban J connectivity index is 2.12. The lowest BCUT2D eigenvalue weighted by Crippen LogP contribution is -2.44. The molecule has 1 aliphatic heterocycles. The maximum Gasteiger partial charge on any atom is 0.179 e. The second-order valence-corrected chi connectivity index (χ2v) is 4.74. The van der Waals surface area contributed by atoms with Gasteiger partial charge < -0.3 is 5.32 Å². The minimum Gasteiger partial charge on any atom is -0.316 e. The second-order valence-electron chi connectivity index (χ2n) is 4.74. The van der Waals surface area contributed by atoms with Crippen LogP contribution in [0.3, 0.4) is 0 Å². The molecule has 0 spiro atoms. The third-order valence-electron chi connectivity index (χ3n) is 3.84. The Hall–Kier alpha value is -1.49. The number of aromatic nitrogens is 4. The van der Waals surface area contributed by atoms with Crippen LogP contribution in [-0.2, 0) is 5.41 Å². The fourth-order valence-corrected chi connectivity index (χ4v) is 2.73. The third-order valence-corrected chi connectivity index (χ3v) is 3.84. The van der Waals surface area contributed by atoms with Gasteiger partial charge in [0.05, 0.1) is 6.20 Å². The largest absolute Gasteiger partial charge is 0.316 e. The van der Waals surface area contributed by atoms with Gasteiger partial charge >= 0.3 is 0 Å². The van der Waals surface area contributed by atoms with Gasteiger partial charge in [-0.25, -0.2) is 0 Å². The summed E-state index contributed by atoms with van der Waals surface area (Å²) in [5.74, 6) is 1.07. The molecule has 5 nitrogen and oxygen atoms in total. The molecular weight excluding hydrogens is 214 g/mol. The first kappa shape index (κ1) is 10.7. The Kier molecular flexibility index (Phi) is 2.55. The molecule has 3 heterocycles. The normalized spacial score (nSPS) is 25.2. The van der Waals surface area contributed by atoms with E-state index in [9.17, 15) is 0 Å². The zero-order valence-electron chi connectivity index (χ0n) is 10.1. The summed E-state index contributed by atoms with van der Waals surface area (Å²) in [5.41, 5.74) is 0.958. The van der Waals surface area contributed by atoms with E-state index in [0.717, 1.165) is 31.0 Å². The van der Waals surface area contributed by atoms with Gasteiger partial charge in [-0.15, -0.1) is 10.2 Å². The Morgan fingerprint density at radius 2 is 2.41 bits per heavy atom. The Morgan fingerprint density at radius 1 is 1.47 bits per heavy atom. The van der Waals surface area contributed by atoms with E-state index < -0.39 is 0 Å². The number of nitrogens with zero attached hydrogens (tertiary/aromatic N) is 4. The van der Waals surface area contributed by atoms with E-state index in [1.807, 2.05) is 6.20 Å². The molecule has 17 heavy (non-hydrogen) atoms. The molecule has 1 N–H and O–H groups in total. The maximum atomic E-state index is 4.39. The molecular formula is C12H17N5. The average Bonchev–Trinajstić information content (AvgIpc) is 2.84. The first-order valence-electron chi connectivity index (χ1n) is 6.22. The molecule has 1 saturated heterocycles. The molecule has 3 rings (SSSR count). The lowest BCUT2D eigenvalue weighted by Gasteiger charge is -2.35. The first-order valence-corrected chi connectivity index (χ1v) is 6.22. The van der Waals surface area contributed by atoms with Crippen LogP contribution >= 0.6 is 0 Å². The monoisotopic (exact) mass is 231 g/mol. The summed E-state index contributed by atoms with van der Waals surface area (Å²) < 4.78 is 2.07. The molecule has 5 heteroatoms. The molecule has 1 fully saturated rings. The van der Waals surface area contributed by atoms with Gasteiger partial charge in [-0.05, 0) is 25.8 Å². The van der Waals surface area contributed by atoms with Gasteiger partial charge in [0.15, 0.2) is 5.65 Å². The van der Waals surface area contributed by atoms with Crippen molar-refractivity contribution in [3.05, 3.63) is 24.4 Å². The summed E-state index contributed by atoms with van der Waals surface area (Å²) in [6.07, 6.45) is 8.98. The van der Waals surface area contributed by atoms with Crippen LogP contribution in [0.4, 0.5) is 0 Å². The Bertz CT molecular complexity index is 512. The molecule has 0 bridgehead atoms. The van der Waals surface area contributed by atoms with Gasteiger partial charge in [-0.3, -0.25) is 9.38 Å². The van der Waals surface area contributed by atoms with Crippen LogP contribution in [0.5, 0.6) is 0 Å². The minimum absolute atomic E-state index is 0.124. The molecule has 90 valence electrons. The summed E-state index contributed by atoms with van der Waals surface area (Å²) in [4.78, 5) is 4.08. The third kappa shape index (κ3) is 1.61. The highest BCUT2D eigenvalue weighted by molar-refractivity contribution is 5.35. The molecule has 2 aromatic rings. The molecule has 0 amide bonds. The lowest BCUT2D eigenvalue weighted by atomic mass is 9.77. The van der Waals surface area contributed by atoms with E-state index in [4.69, 9.17) is 0 Å². The molecule has 2 aromatic heterocycles. The van der Waals surface area contributed by atoms with Crippen molar-refractivity contribution in [1.82, 2.24) is 24.9 Å². The van der Waals surface area contributed by atoms with Gasteiger partial charge in [0.25, 0.3) is 0 Å². The highest BCUT2D eigenvalue weighted by Crippen LogP contribution is 2.33. The molecule has 0 radical (unpaired) electrons. The summed E-state index contributed by atoms with van der Waals surface area (Å²) in [6, 6.07) is 0. The highest BCUT2D eigenvalue weighted by atomic mass is 15.3. The van der Waals surface area contributed by atoms with Crippen molar-refractivity contribution in [3.8, 4) is 0 Å². The molecule has 1 unspecified atom stereocenters. The summed E-state index contributed by atoms with van der Waals surface area (Å²) >= 11 is 0. The SMILES string of the molecule is CCC1(c2nnc3cnccn23)CCCNC1. The van der Waals surface area contributed by atoms with Crippen LogP contribution < -0.4 is 5.32 Å². The number of piperidine rings is 1. The van der Waals surface area contributed by atoms with Crippen molar-refractivity contribution in [2.75, 3.05) is 13.1 Å². The van der Waals surface area contributed by atoms with Crippen molar-refractivity contribution in [1.29, 1.82) is 0 Å². The Labute approximate surface area is 100 Å². The van der Waals surface area contributed by atoms with Gasteiger partial charge in [0.2, 0.25) is 0 Å². The van der Waals surface area contributed by atoms with E-state index in [2.05, 4.69) is 31.8 Å². The van der Waals surface area contributed by atoms with Crippen molar-refractivity contribution >= 4 is 5.65 Å². The quantitative estimate of drug-likeness (QED) is 0.842. The van der Waals surface area contributed by atoms with E-state index in [0.29, 0.717) is 0 Å². The summed E-state index contributed by atoms with van der Waals surface area (Å²) in [7, 11) is 0. The van der Waals surface area contributed by atoms with Crippen molar-refractivity contribution in [3.63, 3.8) is 0 Å². The van der Waals surface area contributed by atoms with Crippen LogP contribution in [-0.4, -0.2) is 32.7 Å². The van der Waals surface area contributed by atoms with Crippen LogP contribution in [0, 0.1) is 0 Å². The second kappa shape index (κ2) is 4.07. The van der Waals surface area contributed by atoms with E-state index in [1.165, 1.54) is 12.8 Å². The standard InChI is InChI=1S/C12H17N5/c1-2-12(4-3-5-14-9-12)11-16-15-10-8-13-6-7-17(10)11/h6-8,14H,2-5,9H2,1H3. The number of nitrogens with one attached hydrogen (secondary N) is 1. The molecule has 0 aromatic carbocycles. The molecule has 0 saturated carbocycles. The topological polar surface area (TPSA) is 55.1 Å². The number of hydrogen-bond acceptors (Lipinski definition) is 4. The van der Waals surface area contributed by atoms with Gasteiger partial charge in [0, 0.05) is 24.4 Å². The minimum atomic E-state index is 0.124. The van der Waals surface area contributed by atoms with E-state index in [-0.39, 0.29) is 5.41 Å². The van der Waals surface area contributed by atoms with Crippen LogP contribution in [0.15, 0.2) is 18.6 Å². The maximum absolute atomic E-state index is 4.39. The summed E-state index contributed by atoms with van der Waals surface area (Å²) in [5, 5.41) is 12.1. The number of fused-ring (bicyclic) bond motifs is 1. The van der Waals surface area contributed by atoms with Crippen molar-refractivity contribution in [2.24, 2.45) is 0 Å². The molecule has 1 aliphatic rings. The smallest absolute Gasteiger partial charge is 0.179 e. The fraction of sp³-hybridized carbons (Fsp3) is 0.583. The van der Waals surface area contributed by atoms with E-state index >= 15 is 0 Å². The Morgan fingerprint density at radius 3 is 3.18 bits per heavy atom. The lowest BCUT2D eigenvalue weighted by molar-refractivity contribution is 0.285. The van der Waals surface area contributed by atoms with Gasteiger partial charge in [0.1, 0.15) is 5.82 Å². The zero-order valence-corrected chi connectivity index (χ0v) is 10.1. The van der Waals surface area contributed by atoms with Gasteiger partial charge in [-0.2, -0.15) is 0 Å². The molecule has 1 atom stereocenters. The number of rotatable bonds is 2. The summed E-state index contributed by atoms with van der Waals surface area (Å²) in [6.45, 7) is 4.34. The zero-order chi connectivity index (χ0) is 11.7. The fourth-order valence-electron chi connectivity index (χ4n) is 2.73. The predicted octanol–water partition coefficient (Wildman–Crippen LogP) is 1.16. The van der Waals surface area contributed by atoms with E-state index in [1.54, 1.807) is 12.4 Å². The predicted molar refractivity (Wildman–Crippen MR) is 64.9 cm³/mol. The average molecular weight is 231 g/mol. The van der Waals surface area contributed by atoms with Crippen LogP contribution in [0.2, 0.25) is 0 Å². The van der Waals surface area contributed by atoms with Crippen LogP contribution in [0.25, 0.3) is 5.65 Å². The van der Waals surface area contributed by atoms with Crippen LogP contribution in [0.1, 0.15) is 32.0 Å². The molecule has 0 aliphatic carbocycles. The highest BCUT2D eigenvalue weighted by Gasteiger charge is 2.36. The van der Waals surface area contributed by atoms with Crippen molar-refractivity contribution in [2.45, 2.75) is 31.6 Å².